The van der Waals surface area contributed by atoms with Crippen LogP contribution < -0.4 is 0 Å². The van der Waals surface area contributed by atoms with Crippen molar-refractivity contribution in [1.82, 2.24) is 4.90 Å². The van der Waals surface area contributed by atoms with E-state index >= 15 is 0 Å². The zero-order chi connectivity index (χ0) is 46.3. The van der Waals surface area contributed by atoms with Crippen molar-refractivity contribution in [2.45, 2.75) is 374 Å². The molecule has 0 aliphatic rings. The summed E-state index contributed by atoms with van der Waals surface area (Å²) in [5, 5.41) is 0. The number of ether oxygens (including phenoxy) is 1. The Morgan fingerprint density at radius 1 is 0.281 bits per heavy atom. The molecule has 0 aromatic carbocycles. The first-order valence-corrected chi connectivity index (χ1v) is 30.6. The largest absolute Gasteiger partial charge is 0.446 e. The van der Waals surface area contributed by atoms with Gasteiger partial charge < -0.3 is 9.64 Å². The SMILES string of the molecule is CCCCCCCCCCCCCCCCCCCCCCC(C)OC(=O)N(CCCCCCCCCCCCCCCCCC)CCCCCCCCCCCCCCCCCC. The predicted molar refractivity (Wildman–Crippen MR) is 289 cm³/mol. The van der Waals surface area contributed by atoms with Crippen molar-refractivity contribution in [1.29, 1.82) is 0 Å². The van der Waals surface area contributed by atoms with Gasteiger partial charge in [-0.15, -0.1) is 0 Å². The van der Waals surface area contributed by atoms with E-state index in [9.17, 15) is 4.79 Å². The van der Waals surface area contributed by atoms with Crippen LogP contribution in [0.25, 0.3) is 0 Å². The molecule has 0 N–H and O–H groups in total. The highest BCUT2D eigenvalue weighted by molar-refractivity contribution is 5.67. The van der Waals surface area contributed by atoms with Gasteiger partial charge in [0.1, 0.15) is 6.10 Å². The first kappa shape index (κ1) is 63.3. The molecule has 3 nitrogen and oxygen atoms in total. The number of carbonyl (C=O) groups excluding carboxylic acids is 1. The van der Waals surface area contributed by atoms with Crippen LogP contribution in [0.5, 0.6) is 0 Å². The molecular weight excluding hydrogens is 779 g/mol. The lowest BCUT2D eigenvalue weighted by Crippen LogP contribution is -2.35. The molecule has 0 aromatic heterocycles. The fourth-order valence-corrected chi connectivity index (χ4v) is 9.99. The quantitative estimate of drug-likeness (QED) is 0.0569. The van der Waals surface area contributed by atoms with Crippen molar-refractivity contribution in [2.24, 2.45) is 0 Å². The maximum atomic E-state index is 13.4. The van der Waals surface area contributed by atoms with Gasteiger partial charge in [0.2, 0.25) is 0 Å². The average molecular weight is 903 g/mol. The molecule has 0 fully saturated rings. The van der Waals surface area contributed by atoms with Gasteiger partial charge in [0.05, 0.1) is 0 Å². The molecule has 0 spiro atoms. The van der Waals surface area contributed by atoms with E-state index in [4.69, 9.17) is 4.74 Å². The molecule has 384 valence electrons. The lowest BCUT2D eigenvalue weighted by atomic mass is 10.0. The first-order valence-electron chi connectivity index (χ1n) is 30.6. The summed E-state index contributed by atoms with van der Waals surface area (Å²) < 4.78 is 6.10. The molecule has 0 saturated carbocycles. The zero-order valence-electron chi connectivity index (χ0n) is 45.2. The Hall–Kier alpha value is -0.730. The number of hydrogen-bond acceptors (Lipinski definition) is 2. The minimum absolute atomic E-state index is 0.0298. The van der Waals surface area contributed by atoms with Crippen LogP contribution in [0.4, 0.5) is 4.79 Å². The number of hydrogen-bond donors (Lipinski definition) is 0. The minimum Gasteiger partial charge on any atom is -0.446 e. The van der Waals surface area contributed by atoms with Gasteiger partial charge in [-0.25, -0.2) is 4.79 Å². The lowest BCUT2D eigenvalue weighted by molar-refractivity contribution is 0.0643. The zero-order valence-corrected chi connectivity index (χ0v) is 45.2. The summed E-state index contributed by atoms with van der Waals surface area (Å²) in [5.41, 5.74) is 0. The Bertz CT molecular complexity index is 808. The summed E-state index contributed by atoms with van der Waals surface area (Å²) in [7, 11) is 0. The van der Waals surface area contributed by atoms with Gasteiger partial charge >= 0.3 is 6.09 Å². The second kappa shape index (κ2) is 56.6. The van der Waals surface area contributed by atoms with Crippen LogP contribution in [0.3, 0.4) is 0 Å². The topological polar surface area (TPSA) is 29.5 Å². The second-order valence-electron chi connectivity index (χ2n) is 21.3. The Balaban J connectivity index is 4.14. The van der Waals surface area contributed by atoms with E-state index in [0.29, 0.717) is 0 Å². The standard InChI is InChI=1S/C61H123NO2/c1-5-8-11-14-17-20-23-26-29-32-33-34-35-36-39-42-45-48-51-54-57-60(4)64-61(63)62(58-55-52-49-46-43-40-37-30-27-24-21-18-15-12-9-6-2)59-56-53-50-47-44-41-38-31-28-25-22-19-16-13-10-7-3/h60H,5-59H2,1-4H3. The summed E-state index contributed by atoms with van der Waals surface area (Å²) in [6.07, 6.45) is 73.6. The van der Waals surface area contributed by atoms with Crippen LogP contribution >= 0.6 is 0 Å². The van der Waals surface area contributed by atoms with Crippen molar-refractivity contribution in [3.8, 4) is 0 Å². The Kier molecular flexibility index (Phi) is 55.9. The van der Waals surface area contributed by atoms with Crippen molar-refractivity contribution >= 4 is 6.09 Å². The molecule has 0 radical (unpaired) electrons. The summed E-state index contributed by atoms with van der Waals surface area (Å²) in [5.74, 6) is 0. The minimum atomic E-state index is -0.0393. The third-order valence-electron chi connectivity index (χ3n) is 14.6. The number of amides is 1. The van der Waals surface area contributed by atoms with Crippen LogP contribution in [0.2, 0.25) is 0 Å². The van der Waals surface area contributed by atoms with Crippen LogP contribution in [0.15, 0.2) is 0 Å². The number of unbranched alkanes of at least 4 members (excludes halogenated alkanes) is 49. The molecule has 0 aliphatic heterocycles. The summed E-state index contributed by atoms with van der Waals surface area (Å²) in [6.45, 7) is 10.8. The monoisotopic (exact) mass is 902 g/mol. The van der Waals surface area contributed by atoms with Crippen LogP contribution in [-0.4, -0.2) is 30.2 Å². The van der Waals surface area contributed by atoms with E-state index in [1.54, 1.807) is 0 Å². The molecule has 0 rings (SSSR count). The van der Waals surface area contributed by atoms with Gasteiger partial charge in [-0.2, -0.15) is 0 Å². The Morgan fingerprint density at radius 3 is 0.656 bits per heavy atom. The molecule has 64 heavy (non-hydrogen) atoms. The smallest absolute Gasteiger partial charge is 0.410 e. The molecular formula is C61H123NO2. The molecule has 1 atom stereocenters. The van der Waals surface area contributed by atoms with Gasteiger partial charge in [-0.3, -0.25) is 0 Å². The summed E-state index contributed by atoms with van der Waals surface area (Å²) in [4.78, 5) is 15.5. The van der Waals surface area contributed by atoms with Gasteiger partial charge in [0.15, 0.2) is 0 Å². The van der Waals surface area contributed by atoms with Gasteiger partial charge in [0.25, 0.3) is 0 Å². The summed E-state index contributed by atoms with van der Waals surface area (Å²) >= 11 is 0. The second-order valence-corrected chi connectivity index (χ2v) is 21.3. The number of nitrogens with zero attached hydrogens (tertiary/aromatic N) is 1. The van der Waals surface area contributed by atoms with Crippen LogP contribution in [0.1, 0.15) is 368 Å². The van der Waals surface area contributed by atoms with E-state index in [2.05, 4.69) is 32.6 Å². The van der Waals surface area contributed by atoms with Crippen LogP contribution in [-0.2, 0) is 4.74 Å². The van der Waals surface area contributed by atoms with Gasteiger partial charge in [-0.1, -0.05) is 335 Å². The molecule has 3 heteroatoms. The third kappa shape index (κ3) is 52.2. The molecule has 0 aromatic rings. The average Bonchev–Trinajstić information content (AvgIpc) is 3.29. The molecule has 0 aliphatic carbocycles. The Morgan fingerprint density at radius 2 is 0.453 bits per heavy atom. The maximum absolute atomic E-state index is 13.4. The first-order chi connectivity index (χ1) is 31.7. The third-order valence-corrected chi connectivity index (χ3v) is 14.6. The van der Waals surface area contributed by atoms with E-state index in [-0.39, 0.29) is 12.2 Å². The van der Waals surface area contributed by atoms with Crippen LogP contribution in [0, 0.1) is 0 Å². The van der Waals surface area contributed by atoms with Crippen molar-refractivity contribution in [3.05, 3.63) is 0 Å². The maximum Gasteiger partial charge on any atom is 0.410 e. The highest BCUT2D eigenvalue weighted by Crippen LogP contribution is 2.19. The molecule has 1 amide bonds. The van der Waals surface area contributed by atoms with E-state index < -0.39 is 0 Å². The van der Waals surface area contributed by atoms with Gasteiger partial charge in [0, 0.05) is 13.1 Å². The van der Waals surface area contributed by atoms with Crippen molar-refractivity contribution < 1.29 is 9.53 Å². The van der Waals surface area contributed by atoms with Gasteiger partial charge in [-0.05, 0) is 32.6 Å². The normalized spacial score (nSPS) is 12.1. The van der Waals surface area contributed by atoms with Crippen molar-refractivity contribution in [3.63, 3.8) is 0 Å². The Labute approximate surface area is 406 Å². The van der Waals surface area contributed by atoms with E-state index in [1.807, 2.05) is 0 Å². The highest BCUT2D eigenvalue weighted by atomic mass is 16.6. The summed E-state index contributed by atoms with van der Waals surface area (Å²) in [6, 6.07) is 0. The molecule has 0 saturated heterocycles. The highest BCUT2D eigenvalue weighted by Gasteiger charge is 2.17. The molecule has 1 unspecified atom stereocenters. The fraction of sp³-hybridized carbons (Fsp3) is 0.984. The predicted octanol–water partition coefficient (Wildman–Crippen LogP) is 22.5. The van der Waals surface area contributed by atoms with E-state index in [0.717, 1.165) is 32.4 Å². The van der Waals surface area contributed by atoms with E-state index in [1.165, 1.54) is 321 Å². The molecule has 0 bridgehead atoms. The number of rotatable bonds is 56. The lowest BCUT2D eigenvalue weighted by Gasteiger charge is -2.24. The number of carbonyl (C=O) groups is 1. The molecule has 0 heterocycles. The fourth-order valence-electron chi connectivity index (χ4n) is 9.99. The van der Waals surface area contributed by atoms with Crippen molar-refractivity contribution in [2.75, 3.05) is 13.1 Å².